The molecule has 0 radical (unpaired) electrons. The van der Waals surface area contributed by atoms with Crippen molar-refractivity contribution in [1.29, 1.82) is 0 Å². The normalized spacial score (nSPS) is 12.2. The third kappa shape index (κ3) is 52.5. The third-order valence-electron chi connectivity index (χ3n) is 12.6. The zero-order chi connectivity index (χ0) is 47.2. The van der Waals surface area contributed by atoms with Crippen LogP contribution in [0.3, 0.4) is 0 Å². The second-order valence-electron chi connectivity index (χ2n) is 19.2. The molecule has 0 N–H and O–H groups in total. The number of hydrogen-bond donors (Lipinski definition) is 0. The average Bonchev–Trinajstić information content (AvgIpc) is 3.30. The van der Waals surface area contributed by atoms with E-state index in [0.717, 1.165) is 77.0 Å². The van der Waals surface area contributed by atoms with Crippen LogP contribution in [0, 0.1) is 0 Å². The fraction of sp³-hybridized carbons (Fsp3) is 0.847. The van der Waals surface area contributed by atoms with Crippen LogP contribution >= 0.6 is 0 Å². The Morgan fingerprint density at radius 1 is 0.308 bits per heavy atom. The maximum Gasteiger partial charge on any atom is 0.306 e. The number of carbonyl (C=O) groups is 3. The summed E-state index contributed by atoms with van der Waals surface area (Å²) in [5.41, 5.74) is 0. The molecular weight excluding hydrogens is 805 g/mol. The predicted octanol–water partition coefficient (Wildman–Crippen LogP) is 18.9. The molecule has 0 amide bonds. The van der Waals surface area contributed by atoms with Gasteiger partial charge < -0.3 is 14.2 Å². The van der Waals surface area contributed by atoms with Crippen LogP contribution in [-0.2, 0) is 28.6 Å². The Morgan fingerprint density at radius 2 is 0.554 bits per heavy atom. The van der Waals surface area contributed by atoms with Gasteiger partial charge in [0.05, 0.1) is 0 Å². The van der Waals surface area contributed by atoms with E-state index in [1.165, 1.54) is 186 Å². The lowest BCUT2D eigenvalue weighted by Gasteiger charge is -2.18. The highest BCUT2D eigenvalue weighted by Crippen LogP contribution is 2.16. The van der Waals surface area contributed by atoms with Gasteiger partial charge >= 0.3 is 17.9 Å². The fourth-order valence-electron chi connectivity index (χ4n) is 8.33. The van der Waals surface area contributed by atoms with Crippen molar-refractivity contribution in [2.75, 3.05) is 13.2 Å². The average molecular weight is 914 g/mol. The van der Waals surface area contributed by atoms with Crippen molar-refractivity contribution in [3.63, 3.8) is 0 Å². The first-order valence-electron chi connectivity index (χ1n) is 28.5. The van der Waals surface area contributed by atoms with Crippen molar-refractivity contribution in [3.05, 3.63) is 36.5 Å². The van der Waals surface area contributed by atoms with E-state index in [2.05, 4.69) is 57.2 Å². The molecule has 0 aromatic rings. The number of esters is 3. The molecule has 0 rings (SSSR count). The molecule has 0 bridgehead atoms. The lowest BCUT2D eigenvalue weighted by molar-refractivity contribution is -0.167. The van der Waals surface area contributed by atoms with Crippen LogP contribution in [-0.4, -0.2) is 37.2 Å². The van der Waals surface area contributed by atoms with Gasteiger partial charge in [-0.05, 0) is 57.8 Å². The van der Waals surface area contributed by atoms with Crippen LogP contribution in [0.4, 0.5) is 0 Å². The number of hydrogen-bond acceptors (Lipinski definition) is 6. The van der Waals surface area contributed by atoms with E-state index < -0.39 is 6.10 Å². The van der Waals surface area contributed by atoms with Crippen LogP contribution in [0.5, 0.6) is 0 Å². The number of carbonyl (C=O) groups excluding carboxylic acids is 3. The molecule has 1 atom stereocenters. The molecule has 0 aliphatic carbocycles. The van der Waals surface area contributed by atoms with Gasteiger partial charge in [0.1, 0.15) is 13.2 Å². The molecule has 65 heavy (non-hydrogen) atoms. The Kier molecular flexibility index (Phi) is 52.3. The summed E-state index contributed by atoms with van der Waals surface area (Å²) in [5.74, 6) is -0.862. The molecule has 380 valence electrons. The molecule has 0 saturated heterocycles. The summed E-state index contributed by atoms with van der Waals surface area (Å²) in [4.78, 5) is 38.0. The minimum Gasteiger partial charge on any atom is -0.462 e. The molecule has 1 unspecified atom stereocenters. The second-order valence-corrected chi connectivity index (χ2v) is 19.2. The highest BCUT2D eigenvalue weighted by Gasteiger charge is 2.19. The van der Waals surface area contributed by atoms with Crippen LogP contribution < -0.4 is 0 Å². The molecule has 0 spiro atoms. The number of rotatable bonds is 52. The molecule has 0 aromatic heterocycles. The summed E-state index contributed by atoms with van der Waals surface area (Å²) >= 11 is 0. The van der Waals surface area contributed by atoms with Gasteiger partial charge in [-0.1, -0.05) is 263 Å². The quantitative estimate of drug-likeness (QED) is 0.0262. The minimum absolute atomic E-state index is 0.0698. The van der Waals surface area contributed by atoms with E-state index in [4.69, 9.17) is 14.2 Å². The topological polar surface area (TPSA) is 78.9 Å². The largest absolute Gasteiger partial charge is 0.462 e. The number of unbranched alkanes of at least 4 members (excludes halogenated alkanes) is 35. The van der Waals surface area contributed by atoms with Gasteiger partial charge in [-0.3, -0.25) is 14.4 Å². The van der Waals surface area contributed by atoms with E-state index >= 15 is 0 Å². The zero-order valence-electron chi connectivity index (χ0n) is 43.5. The molecule has 0 heterocycles. The summed E-state index contributed by atoms with van der Waals surface area (Å²) < 4.78 is 16.8. The van der Waals surface area contributed by atoms with Crippen LogP contribution in [0.25, 0.3) is 0 Å². The highest BCUT2D eigenvalue weighted by atomic mass is 16.6. The Hall–Kier alpha value is -2.37. The van der Waals surface area contributed by atoms with Gasteiger partial charge in [0.15, 0.2) is 6.10 Å². The van der Waals surface area contributed by atoms with Crippen molar-refractivity contribution < 1.29 is 28.6 Å². The van der Waals surface area contributed by atoms with Crippen molar-refractivity contribution >= 4 is 17.9 Å². The van der Waals surface area contributed by atoms with Crippen molar-refractivity contribution in [1.82, 2.24) is 0 Å². The second kappa shape index (κ2) is 54.2. The van der Waals surface area contributed by atoms with E-state index in [1.807, 2.05) is 0 Å². The van der Waals surface area contributed by atoms with Gasteiger partial charge in [-0.15, -0.1) is 0 Å². The lowest BCUT2D eigenvalue weighted by atomic mass is 10.0. The first-order valence-corrected chi connectivity index (χ1v) is 28.5. The van der Waals surface area contributed by atoms with E-state index in [9.17, 15) is 14.4 Å². The predicted molar refractivity (Wildman–Crippen MR) is 279 cm³/mol. The molecule has 0 aliphatic heterocycles. The first-order chi connectivity index (χ1) is 32.0. The van der Waals surface area contributed by atoms with Gasteiger partial charge in [-0.25, -0.2) is 0 Å². The summed E-state index contributed by atoms with van der Waals surface area (Å²) in [6.07, 6.45) is 64.2. The first kappa shape index (κ1) is 62.6. The van der Waals surface area contributed by atoms with Crippen LogP contribution in [0.2, 0.25) is 0 Å². The van der Waals surface area contributed by atoms with Crippen LogP contribution in [0.1, 0.15) is 303 Å². The Labute approximate surface area is 404 Å². The van der Waals surface area contributed by atoms with Crippen molar-refractivity contribution in [2.45, 2.75) is 309 Å². The number of ether oxygens (including phenoxy) is 3. The Morgan fingerprint density at radius 3 is 0.862 bits per heavy atom. The van der Waals surface area contributed by atoms with Crippen molar-refractivity contribution in [3.8, 4) is 0 Å². The van der Waals surface area contributed by atoms with Crippen molar-refractivity contribution in [2.24, 2.45) is 0 Å². The SMILES string of the molecule is CCCCCCC/C=C\C/C=C\C/C=C\CCCCCCCCCCC(=O)OCC(COC(=O)CCCCCCCCCCCCCC)OC(=O)CCCCCCCCCCCCCC. The lowest BCUT2D eigenvalue weighted by Crippen LogP contribution is -2.30. The molecule has 0 aromatic carbocycles. The Bertz CT molecular complexity index is 1090. The summed E-state index contributed by atoms with van der Waals surface area (Å²) in [6, 6.07) is 0. The smallest absolute Gasteiger partial charge is 0.306 e. The van der Waals surface area contributed by atoms with Gasteiger partial charge in [-0.2, -0.15) is 0 Å². The third-order valence-corrected chi connectivity index (χ3v) is 12.6. The summed E-state index contributed by atoms with van der Waals surface area (Å²) in [7, 11) is 0. The molecule has 0 aliphatic rings. The molecule has 6 nitrogen and oxygen atoms in total. The van der Waals surface area contributed by atoms with Crippen LogP contribution in [0.15, 0.2) is 36.5 Å². The molecule has 6 heteroatoms. The molecular formula is C59H108O6. The summed E-state index contributed by atoms with van der Waals surface area (Å²) in [6.45, 7) is 6.65. The number of allylic oxidation sites excluding steroid dienone is 6. The van der Waals surface area contributed by atoms with E-state index in [0.29, 0.717) is 19.3 Å². The molecule has 0 fully saturated rings. The van der Waals surface area contributed by atoms with E-state index in [1.54, 1.807) is 0 Å². The maximum atomic E-state index is 12.8. The summed E-state index contributed by atoms with van der Waals surface area (Å²) in [5, 5.41) is 0. The van der Waals surface area contributed by atoms with Gasteiger partial charge in [0.2, 0.25) is 0 Å². The standard InChI is InChI=1S/C59H108O6/c1-4-7-10-13-16-19-22-25-26-27-28-29-30-31-32-33-34-35-38-40-43-46-49-52-58(61)64-55-56(65-59(62)53-50-47-44-41-37-24-21-18-15-12-9-6-3)54-63-57(60)51-48-45-42-39-36-23-20-17-14-11-8-5-2/h22,25,27-28,30-31,56H,4-21,23-24,26,29,32-55H2,1-3H3/b25-22-,28-27-,31-30-. The zero-order valence-corrected chi connectivity index (χ0v) is 43.5. The highest BCUT2D eigenvalue weighted by molar-refractivity contribution is 5.71. The van der Waals surface area contributed by atoms with Gasteiger partial charge in [0.25, 0.3) is 0 Å². The fourth-order valence-corrected chi connectivity index (χ4v) is 8.33. The van der Waals surface area contributed by atoms with E-state index in [-0.39, 0.29) is 31.1 Å². The Balaban J connectivity index is 4.26. The van der Waals surface area contributed by atoms with Gasteiger partial charge in [0, 0.05) is 19.3 Å². The minimum atomic E-state index is -0.769. The molecule has 0 saturated carbocycles. The monoisotopic (exact) mass is 913 g/mol. The maximum absolute atomic E-state index is 12.8.